The van der Waals surface area contributed by atoms with Crippen molar-refractivity contribution in [2.75, 3.05) is 24.7 Å². The first-order valence-electron chi connectivity index (χ1n) is 13.9. The zero-order valence-corrected chi connectivity index (χ0v) is 24.6. The SMILES string of the molecule is C=CCCOC(=O)[C@@H]1[C@@H]2CC(C)C3(S2)C(C(=O)N(CC=C)c2ccc(Cl)cc2)N([C@H](CO)c2ccccc2)C(=O)[C@H]13. The van der Waals surface area contributed by atoms with E-state index in [0.717, 1.165) is 5.56 Å². The molecule has 9 heteroatoms. The zero-order valence-electron chi connectivity index (χ0n) is 23.0. The van der Waals surface area contributed by atoms with Crippen LogP contribution in [0.15, 0.2) is 79.9 Å². The number of esters is 1. The number of carbonyl (C=O) groups excluding carboxylic acids is 3. The fourth-order valence-corrected chi connectivity index (χ4v) is 9.45. The van der Waals surface area contributed by atoms with E-state index in [2.05, 4.69) is 20.1 Å². The third-order valence-corrected chi connectivity index (χ3v) is 11.0. The highest BCUT2D eigenvalue weighted by Crippen LogP contribution is 2.69. The molecule has 0 aromatic heterocycles. The number of aliphatic hydroxyl groups is 1. The maximum Gasteiger partial charge on any atom is 0.310 e. The first-order chi connectivity index (χ1) is 19.8. The van der Waals surface area contributed by atoms with Crippen molar-refractivity contribution in [2.24, 2.45) is 17.8 Å². The molecule has 1 spiro atoms. The molecule has 7 atom stereocenters. The standard InChI is InChI=1S/C32H35ClN2O5S/c1-4-6-17-40-31(39)26-25-18-20(3)32(41-25)27(26)29(37)35(24(19-36)21-10-8-7-9-11-21)28(32)30(38)34(16-5-2)23-14-12-22(33)13-15-23/h4-5,7-15,20,24-28,36H,1-2,6,16-19H2,3H3/t20?,24-,25+,26-,27+,28?,32?/m1/s1. The van der Waals surface area contributed by atoms with Crippen LogP contribution in [0.2, 0.25) is 5.02 Å². The molecule has 3 heterocycles. The van der Waals surface area contributed by atoms with Gasteiger partial charge >= 0.3 is 5.97 Å². The van der Waals surface area contributed by atoms with Gasteiger partial charge in [0, 0.05) is 22.5 Å². The number of hydrogen-bond acceptors (Lipinski definition) is 6. The maximum atomic E-state index is 14.8. The maximum absolute atomic E-state index is 14.8. The van der Waals surface area contributed by atoms with E-state index in [-0.39, 0.29) is 42.7 Å². The third-order valence-electron chi connectivity index (χ3n) is 8.66. The van der Waals surface area contributed by atoms with Crippen molar-refractivity contribution in [2.45, 2.75) is 41.8 Å². The predicted octanol–water partition coefficient (Wildman–Crippen LogP) is 5.05. The molecule has 7 nitrogen and oxygen atoms in total. The van der Waals surface area contributed by atoms with E-state index in [1.807, 2.05) is 30.3 Å². The summed E-state index contributed by atoms with van der Waals surface area (Å²) in [7, 11) is 0. The van der Waals surface area contributed by atoms with E-state index in [0.29, 0.717) is 23.6 Å². The van der Waals surface area contributed by atoms with Crippen molar-refractivity contribution in [1.82, 2.24) is 4.90 Å². The van der Waals surface area contributed by atoms with Crippen LogP contribution >= 0.6 is 23.4 Å². The lowest BCUT2D eigenvalue weighted by Gasteiger charge is -2.42. The van der Waals surface area contributed by atoms with Gasteiger partial charge in [-0.1, -0.05) is 61.0 Å². The number of nitrogens with zero attached hydrogens (tertiary/aromatic N) is 2. The van der Waals surface area contributed by atoms with E-state index in [1.54, 1.807) is 58.0 Å². The number of fused-ring (bicyclic) bond motifs is 1. The number of carbonyl (C=O) groups is 3. The molecule has 0 aliphatic carbocycles. The number of amides is 2. The van der Waals surface area contributed by atoms with E-state index >= 15 is 0 Å². The van der Waals surface area contributed by atoms with E-state index in [9.17, 15) is 19.5 Å². The van der Waals surface area contributed by atoms with E-state index < -0.39 is 34.6 Å². The van der Waals surface area contributed by atoms with E-state index in [1.165, 1.54) is 0 Å². The van der Waals surface area contributed by atoms with Gasteiger partial charge in [0.15, 0.2) is 0 Å². The predicted molar refractivity (Wildman–Crippen MR) is 162 cm³/mol. The number of thioether (sulfide) groups is 1. The van der Waals surface area contributed by atoms with Crippen molar-refractivity contribution < 1.29 is 24.2 Å². The molecule has 2 aromatic carbocycles. The number of hydrogen-bond donors (Lipinski definition) is 1. The van der Waals surface area contributed by atoms with Crippen molar-refractivity contribution >= 4 is 46.8 Å². The van der Waals surface area contributed by atoms with Crippen molar-refractivity contribution in [3.8, 4) is 0 Å². The Bertz CT molecular complexity index is 1320. The Morgan fingerprint density at radius 1 is 1.20 bits per heavy atom. The summed E-state index contributed by atoms with van der Waals surface area (Å²) in [5, 5.41) is 11.1. The average Bonchev–Trinajstić information content (AvgIpc) is 3.57. The van der Waals surface area contributed by atoms with Gasteiger partial charge in [0.2, 0.25) is 5.91 Å². The van der Waals surface area contributed by atoms with Gasteiger partial charge in [-0.2, -0.15) is 0 Å². The molecule has 0 saturated carbocycles. The van der Waals surface area contributed by atoms with Crippen LogP contribution < -0.4 is 4.90 Å². The molecule has 3 unspecified atom stereocenters. The van der Waals surface area contributed by atoms with Gasteiger partial charge in [-0.3, -0.25) is 14.4 Å². The minimum absolute atomic E-state index is 0.0338. The number of halogens is 1. The number of ether oxygens (including phenoxy) is 1. The highest BCUT2D eigenvalue weighted by Gasteiger charge is 2.77. The second-order valence-electron chi connectivity index (χ2n) is 10.9. The Balaban J connectivity index is 1.64. The monoisotopic (exact) mass is 594 g/mol. The van der Waals surface area contributed by atoms with Gasteiger partial charge in [0.1, 0.15) is 6.04 Å². The van der Waals surface area contributed by atoms with Crippen LogP contribution in [0.1, 0.15) is 31.4 Å². The lowest BCUT2D eigenvalue weighted by Crippen LogP contribution is -2.58. The molecule has 216 valence electrons. The molecule has 5 rings (SSSR count). The summed E-state index contributed by atoms with van der Waals surface area (Å²) in [5.74, 6) is -2.45. The number of benzene rings is 2. The second kappa shape index (κ2) is 12.0. The number of aliphatic hydroxyl groups excluding tert-OH is 1. The Hall–Kier alpha value is -3.07. The molecule has 2 aromatic rings. The summed E-state index contributed by atoms with van der Waals surface area (Å²) in [6.07, 6.45) is 4.53. The number of anilines is 1. The Kier molecular flexibility index (Phi) is 8.64. The first kappa shape index (κ1) is 29.4. The van der Waals surface area contributed by atoms with Crippen molar-refractivity contribution in [1.29, 1.82) is 0 Å². The molecule has 0 radical (unpaired) electrons. The fourth-order valence-electron chi connectivity index (χ4n) is 6.93. The smallest absolute Gasteiger partial charge is 0.310 e. The first-order valence-corrected chi connectivity index (χ1v) is 15.2. The van der Waals surface area contributed by atoms with Crippen molar-refractivity contribution in [3.63, 3.8) is 0 Å². The van der Waals surface area contributed by atoms with Crippen LogP contribution in [0.3, 0.4) is 0 Å². The Morgan fingerprint density at radius 2 is 1.90 bits per heavy atom. The molecular weight excluding hydrogens is 560 g/mol. The van der Waals surface area contributed by atoms with Crippen LogP contribution in [0.25, 0.3) is 0 Å². The largest absolute Gasteiger partial charge is 0.465 e. The number of likely N-dealkylation sites (tertiary alicyclic amines) is 1. The highest BCUT2D eigenvalue weighted by molar-refractivity contribution is 8.02. The summed E-state index contributed by atoms with van der Waals surface area (Å²) in [6, 6.07) is 14.5. The fraction of sp³-hybridized carbons (Fsp3) is 0.406. The lowest BCUT2D eigenvalue weighted by atomic mass is 9.66. The summed E-state index contributed by atoms with van der Waals surface area (Å²) in [4.78, 5) is 46.0. The van der Waals surface area contributed by atoms with Gasteiger partial charge in [-0.25, -0.2) is 0 Å². The normalized spacial score (nSPS) is 28.7. The molecule has 3 aliphatic heterocycles. The summed E-state index contributed by atoms with van der Waals surface area (Å²) >= 11 is 7.72. The van der Waals surface area contributed by atoms with Crippen LogP contribution in [0, 0.1) is 17.8 Å². The lowest BCUT2D eigenvalue weighted by molar-refractivity contribution is -0.154. The van der Waals surface area contributed by atoms with Crippen LogP contribution in [0.4, 0.5) is 5.69 Å². The molecule has 3 fully saturated rings. The van der Waals surface area contributed by atoms with Crippen LogP contribution in [0.5, 0.6) is 0 Å². The summed E-state index contributed by atoms with van der Waals surface area (Å²) < 4.78 is 4.75. The second-order valence-corrected chi connectivity index (χ2v) is 12.9. The van der Waals surface area contributed by atoms with Gasteiger partial charge in [0.05, 0.1) is 35.8 Å². The topological polar surface area (TPSA) is 87.2 Å². The molecular formula is C32H35ClN2O5S. The van der Waals surface area contributed by atoms with Crippen molar-refractivity contribution in [3.05, 3.63) is 90.5 Å². The minimum Gasteiger partial charge on any atom is -0.465 e. The van der Waals surface area contributed by atoms with Gasteiger partial charge in [0.25, 0.3) is 5.91 Å². The Labute approximate surface area is 250 Å². The molecule has 2 amide bonds. The summed E-state index contributed by atoms with van der Waals surface area (Å²) in [6.45, 7) is 9.65. The Morgan fingerprint density at radius 3 is 2.54 bits per heavy atom. The molecule has 3 saturated heterocycles. The zero-order chi connectivity index (χ0) is 29.3. The van der Waals surface area contributed by atoms with Crippen LogP contribution in [-0.4, -0.2) is 63.6 Å². The van der Waals surface area contributed by atoms with Gasteiger partial charge in [-0.05, 0) is 48.6 Å². The van der Waals surface area contributed by atoms with Gasteiger partial charge < -0.3 is 19.6 Å². The molecule has 3 aliphatic rings. The average molecular weight is 595 g/mol. The molecule has 1 N–H and O–H groups in total. The van der Waals surface area contributed by atoms with E-state index in [4.69, 9.17) is 16.3 Å². The summed E-state index contributed by atoms with van der Waals surface area (Å²) in [5.41, 5.74) is 1.34. The molecule has 41 heavy (non-hydrogen) atoms. The van der Waals surface area contributed by atoms with Crippen LogP contribution in [-0.2, 0) is 19.1 Å². The quantitative estimate of drug-likeness (QED) is 0.223. The number of rotatable bonds is 11. The highest BCUT2D eigenvalue weighted by atomic mass is 35.5. The third kappa shape index (κ3) is 4.90. The minimum atomic E-state index is -0.927. The van der Waals surface area contributed by atoms with Gasteiger partial charge in [-0.15, -0.1) is 24.9 Å². The molecule has 2 bridgehead atoms.